The predicted molar refractivity (Wildman–Crippen MR) is 159 cm³/mol. The van der Waals surface area contributed by atoms with E-state index >= 15 is 0 Å². The average molecular weight is 569 g/mol. The molecule has 0 aromatic rings. The van der Waals surface area contributed by atoms with E-state index in [0.29, 0.717) is 59.2 Å². The Bertz CT molecular complexity index is 2060. The zero-order valence-electron chi connectivity index (χ0n) is 24.8. The Kier molecular flexibility index (Phi) is 2.16. The molecule has 44 heavy (non-hydrogen) atoms. The van der Waals surface area contributed by atoms with Crippen molar-refractivity contribution in [1.29, 1.82) is 0 Å². The van der Waals surface area contributed by atoms with Gasteiger partial charge in [-0.1, -0.05) is 65.3 Å². The van der Waals surface area contributed by atoms with Crippen molar-refractivity contribution in [3.63, 3.8) is 0 Å². The molecule has 22 atom stereocenters. The molecule has 9 fully saturated rings. The van der Waals surface area contributed by atoms with Gasteiger partial charge >= 0.3 is 0 Å². The first-order valence-electron chi connectivity index (χ1n) is 18.4. The minimum Gasteiger partial charge on any atom is -0.374 e. The molecule has 0 heterocycles. The summed E-state index contributed by atoms with van der Waals surface area (Å²) in [5.74, 6) is 12.7. The van der Waals surface area contributed by atoms with E-state index in [-0.39, 0.29) is 22.0 Å². The Morgan fingerprint density at radius 3 is 1.02 bits per heavy atom. The zero-order chi connectivity index (χ0) is 27.2. The second-order valence-electron chi connectivity index (χ2n) is 18.9. The fourth-order valence-electron chi connectivity index (χ4n) is 21.0. The SMILES string of the molecule is COC12C3C4C=CC5C6C=CC7C8C=CC9C%10C=CC%11C%12C%13=C%14C%15=C(C9C8C8=C%15C9=C(C6C87)C5C4C(=C9%14)C31C%131C%11C21OC)C%10%12. The third kappa shape index (κ3) is 1.10. The highest BCUT2D eigenvalue weighted by atomic mass is 16.6. The number of methoxy groups -OCH3 is 2. The summed E-state index contributed by atoms with van der Waals surface area (Å²) in [7, 11) is 4.17. The van der Waals surface area contributed by atoms with Gasteiger partial charge in [0.15, 0.2) is 0 Å². The summed E-state index contributed by atoms with van der Waals surface area (Å²) < 4.78 is 14.1. The number of hydrogen-bond acceptors (Lipinski definition) is 2. The van der Waals surface area contributed by atoms with Gasteiger partial charge in [0.05, 0.1) is 0 Å². The largest absolute Gasteiger partial charge is 0.374 e. The average Bonchev–Trinajstić information content (AvgIpc) is 3.48. The molecular weight excluding hydrogens is 536 g/mol. The second-order valence-corrected chi connectivity index (χ2v) is 18.9. The number of allylic oxidation sites excluding steroid dienone is 16. The lowest BCUT2D eigenvalue weighted by molar-refractivity contribution is -0.186. The van der Waals surface area contributed by atoms with Gasteiger partial charge in [-0.25, -0.2) is 0 Å². The molecule has 0 saturated heterocycles. The van der Waals surface area contributed by atoms with E-state index in [1.54, 1.807) is 0 Å². The van der Waals surface area contributed by atoms with Crippen LogP contribution in [0.3, 0.4) is 0 Å². The molecule has 0 bridgehead atoms. The van der Waals surface area contributed by atoms with E-state index in [1.165, 1.54) is 0 Å². The van der Waals surface area contributed by atoms with Crippen molar-refractivity contribution in [1.82, 2.24) is 0 Å². The van der Waals surface area contributed by atoms with E-state index in [1.807, 2.05) is 55.7 Å². The highest BCUT2D eigenvalue weighted by molar-refractivity contribution is 5.96. The maximum atomic E-state index is 7.05. The first-order valence-corrected chi connectivity index (χ1v) is 18.4. The summed E-state index contributed by atoms with van der Waals surface area (Å²) in [5, 5.41) is 0. The second kappa shape index (κ2) is 4.76. The lowest BCUT2D eigenvalue weighted by Crippen LogP contribution is -2.64. The van der Waals surface area contributed by atoms with Gasteiger partial charge in [-0.15, -0.1) is 0 Å². The molecule has 2 spiro atoms. The minimum atomic E-state index is -0.115. The van der Waals surface area contributed by atoms with Crippen LogP contribution in [0.25, 0.3) is 0 Å². The Morgan fingerprint density at radius 1 is 0.386 bits per heavy atom. The van der Waals surface area contributed by atoms with Crippen molar-refractivity contribution in [3.05, 3.63) is 104 Å². The predicted octanol–water partition coefficient (Wildman–Crippen LogP) is 5.77. The molecule has 22 unspecified atom stereocenters. The smallest absolute Gasteiger partial charge is 0.113 e. The Labute approximate surface area is 256 Å². The van der Waals surface area contributed by atoms with Crippen molar-refractivity contribution in [2.24, 2.45) is 117 Å². The number of rotatable bonds is 2. The lowest BCUT2D eigenvalue weighted by atomic mass is 9.47. The van der Waals surface area contributed by atoms with Gasteiger partial charge in [-0.3, -0.25) is 0 Å². The number of fused-ring (bicyclic) bond motifs is 8. The molecular formula is C42H32O2. The van der Waals surface area contributed by atoms with Crippen LogP contribution in [-0.2, 0) is 9.47 Å². The van der Waals surface area contributed by atoms with Crippen LogP contribution in [0, 0.1) is 117 Å². The third-order valence-corrected chi connectivity index (χ3v) is 20.1. The highest BCUT2D eigenvalue weighted by Crippen LogP contribution is 3.14. The molecule has 18 aliphatic rings. The van der Waals surface area contributed by atoms with Crippen molar-refractivity contribution in [3.8, 4) is 0 Å². The van der Waals surface area contributed by atoms with Crippen molar-refractivity contribution in [2.75, 3.05) is 14.2 Å². The monoisotopic (exact) mass is 568 g/mol. The fourth-order valence-corrected chi connectivity index (χ4v) is 21.0. The van der Waals surface area contributed by atoms with Gasteiger partial charge in [-0.2, -0.15) is 0 Å². The fraction of sp³-hybridized carbons (Fsp3) is 0.571. The summed E-state index contributed by atoms with van der Waals surface area (Å²) >= 11 is 0. The molecule has 2 nitrogen and oxygen atoms in total. The van der Waals surface area contributed by atoms with Crippen LogP contribution >= 0.6 is 0 Å². The van der Waals surface area contributed by atoms with Gasteiger partial charge < -0.3 is 9.47 Å². The molecule has 0 aliphatic heterocycles. The van der Waals surface area contributed by atoms with Gasteiger partial charge in [0.25, 0.3) is 0 Å². The van der Waals surface area contributed by atoms with E-state index < -0.39 is 0 Å². The first-order chi connectivity index (χ1) is 21.8. The van der Waals surface area contributed by atoms with Crippen molar-refractivity contribution in [2.45, 2.75) is 11.2 Å². The summed E-state index contributed by atoms with van der Waals surface area (Å²) in [5.41, 5.74) is 19.4. The zero-order valence-corrected chi connectivity index (χ0v) is 24.8. The van der Waals surface area contributed by atoms with Gasteiger partial charge in [-0.05, 0) is 134 Å². The number of hydrogen-bond donors (Lipinski definition) is 0. The van der Waals surface area contributed by atoms with Gasteiger partial charge in [0.1, 0.15) is 11.2 Å². The first kappa shape index (κ1) is 20.0. The lowest BCUT2D eigenvalue weighted by Gasteiger charge is -2.59. The molecule has 2 heteroatoms. The van der Waals surface area contributed by atoms with E-state index in [2.05, 4.69) is 62.8 Å². The van der Waals surface area contributed by atoms with Crippen LogP contribution < -0.4 is 0 Å². The van der Waals surface area contributed by atoms with Crippen LogP contribution in [0.15, 0.2) is 104 Å². The Morgan fingerprint density at radius 2 is 0.682 bits per heavy atom. The molecule has 0 amide bonds. The quantitative estimate of drug-likeness (QED) is 0.394. The van der Waals surface area contributed by atoms with E-state index in [9.17, 15) is 0 Å². The summed E-state index contributed by atoms with van der Waals surface area (Å²) in [6.45, 7) is 0. The van der Waals surface area contributed by atoms with Crippen molar-refractivity contribution >= 4 is 0 Å². The highest BCUT2D eigenvalue weighted by Gasteiger charge is 3.21. The third-order valence-electron chi connectivity index (χ3n) is 20.1. The number of ether oxygens (including phenoxy) is 2. The maximum Gasteiger partial charge on any atom is 0.113 e. The van der Waals surface area contributed by atoms with Gasteiger partial charge in [0.2, 0.25) is 0 Å². The molecule has 0 aromatic heterocycles. The molecule has 18 rings (SSSR count). The van der Waals surface area contributed by atoms with Crippen LogP contribution in [0.1, 0.15) is 0 Å². The standard InChI is InChI=1S/C42H32O2/c1-43-41-37-17-9-7-15-13-5-3-11-12-4-6-14-16-8-10-18-26-24(16)29-22(14)20(12)27-19(11)21(13)28-23(15)25(17)35-33-31(28)30(27)32(29)34(33)36(26)40(39(35,37)41)38(18)42(40,41)44-2/h3-26,37-38H,1-2H3. The molecule has 0 N–H and O–H groups in total. The Hall–Kier alpha value is -2.42. The summed E-state index contributed by atoms with van der Waals surface area (Å²) in [4.78, 5) is 0. The van der Waals surface area contributed by atoms with E-state index in [4.69, 9.17) is 9.47 Å². The van der Waals surface area contributed by atoms with Crippen LogP contribution in [-0.4, -0.2) is 25.4 Å². The van der Waals surface area contributed by atoms with Crippen LogP contribution in [0.4, 0.5) is 0 Å². The van der Waals surface area contributed by atoms with Crippen LogP contribution in [0.2, 0.25) is 0 Å². The van der Waals surface area contributed by atoms with Gasteiger partial charge in [0, 0.05) is 36.9 Å². The molecule has 212 valence electrons. The summed E-state index contributed by atoms with van der Waals surface area (Å²) in [6, 6.07) is 0. The van der Waals surface area contributed by atoms with Crippen LogP contribution in [0.5, 0.6) is 0 Å². The molecule has 18 aliphatic carbocycles. The Balaban J connectivity index is 1.13. The molecule has 0 radical (unpaired) electrons. The summed E-state index contributed by atoms with van der Waals surface area (Å²) in [6.07, 6.45) is 22.3. The minimum absolute atomic E-state index is 0.115. The normalized spacial score (nSPS) is 73.4. The topological polar surface area (TPSA) is 18.5 Å². The van der Waals surface area contributed by atoms with E-state index in [0.717, 1.165) is 47.3 Å². The maximum absolute atomic E-state index is 7.05. The molecule has 0 aromatic carbocycles. The molecule has 9 saturated carbocycles. The van der Waals surface area contributed by atoms with Crippen molar-refractivity contribution < 1.29 is 9.47 Å².